The molecule has 0 fully saturated rings. The Bertz CT molecular complexity index is 710. The maximum Gasteiger partial charge on any atom is 0.316 e. The van der Waals surface area contributed by atoms with Crippen LogP contribution in [0.1, 0.15) is 33.9 Å². The smallest absolute Gasteiger partial charge is 0.316 e. The molecule has 0 heterocycles. The lowest BCUT2D eigenvalue weighted by atomic mass is 10.1. The summed E-state index contributed by atoms with van der Waals surface area (Å²) in [4.78, 5) is 23.1. The van der Waals surface area contributed by atoms with Crippen molar-refractivity contribution in [1.29, 1.82) is 0 Å². The van der Waals surface area contributed by atoms with Crippen molar-refractivity contribution < 1.29 is 9.59 Å². The number of anilines is 1. The number of urea groups is 1. The van der Waals surface area contributed by atoms with Crippen LogP contribution in [-0.4, -0.2) is 11.9 Å². The van der Waals surface area contributed by atoms with Gasteiger partial charge in [-0.2, -0.15) is 0 Å². The minimum Gasteiger partial charge on any atom is -0.351 e. The number of benzene rings is 2. The number of fused-ring (bicyclic) bond motifs is 1. The number of rotatable bonds is 3. The second-order valence-corrected chi connectivity index (χ2v) is 5.33. The fourth-order valence-corrected chi connectivity index (χ4v) is 2.80. The number of carbonyl (C=O) groups is 2. The van der Waals surface area contributed by atoms with Gasteiger partial charge in [0.15, 0.2) is 0 Å². The largest absolute Gasteiger partial charge is 0.351 e. The Hall–Kier alpha value is -2.82. The molecule has 5 heteroatoms. The van der Waals surface area contributed by atoms with E-state index in [1.54, 1.807) is 24.3 Å². The van der Waals surface area contributed by atoms with Gasteiger partial charge in [-0.15, -0.1) is 0 Å². The molecule has 0 aliphatic heterocycles. The van der Waals surface area contributed by atoms with Crippen molar-refractivity contribution in [2.45, 2.75) is 18.9 Å². The molecule has 0 aromatic heterocycles. The Balaban J connectivity index is 1.69. The number of hydrogen-bond acceptors (Lipinski definition) is 2. The maximum absolute atomic E-state index is 12.3. The highest BCUT2D eigenvalue weighted by molar-refractivity contribution is 5.95. The summed E-state index contributed by atoms with van der Waals surface area (Å²) in [5.41, 5.74) is 8.66. The normalized spacial score (nSPS) is 15.9. The van der Waals surface area contributed by atoms with Crippen LogP contribution in [0.3, 0.4) is 0 Å². The van der Waals surface area contributed by atoms with Gasteiger partial charge in [-0.3, -0.25) is 4.79 Å². The van der Waals surface area contributed by atoms with E-state index in [0.717, 1.165) is 12.8 Å². The lowest BCUT2D eigenvalue weighted by Crippen LogP contribution is -2.27. The molecular formula is C17H17N3O2. The van der Waals surface area contributed by atoms with Gasteiger partial charge in [-0.05, 0) is 48.2 Å². The van der Waals surface area contributed by atoms with E-state index in [-0.39, 0.29) is 11.9 Å². The molecule has 0 radical (unpaired) electrons. The first-order valence-corrected chi connectivity index (χ1v) is 7.18. The molecule has 22 heavy (non-hydrogen) atoms. The van der Waals surface area contributed by atoms with E-state index in [4.69, 9.17) is 5.73 Å². The highest BCUT2D eigenvalue weighted by Crippen LogP contribution is 2.30. The summed E-state index contributed by atoms with van der Waals surface area (Å²) < 4.78 is 0. The molecule has 2 aromatic rings. The quantitative estimate of drug-likeness (QED) is 0.813. The Morgan fingerprint density at radius 2 is 1.77 bits per heavy atom. The van der Waals surface area contributed by atoms with Crippen LogP contribution in [0.2, 0.25) is 0 Å². The molecular weight excluding hydrogens is 278 g/mol. The minimum absolute atomic E-state index is 0.0621. The van der Waals surface area contributed by atoms with Crippen LogP contribution in [0.4, 0.5) is 10.5 Å². The molecule has 112 valence electrons. The summed E-state index contributed by atoms with van der Waals surface area (Å²) in [6.07, 6.45) is 1.91. The van der Waals surface area contributed by atoms with Crippen molar-refractivity contribution in [3.63, 3.8) is 0 Å². The Morgan fingerprint density at radius 3 is 2.50 bits per heavy atom. The van der Waals surface area contributed by atoms with Gasteiger partial charge < -0.3 is 16.4 Å². The van der Waals surface area contributed by atoms with Gasteiger partial charge in [0.25, 0.3) is 5.91 Å². The molecule has 0 saturated heterocycles. The highest BCUT2D eigenvalue weighted by Gasteiger charge is 2.23. The lowest BCUT2D eigenvalue weighted by Gasteiger charge is -2.14. The highest BCUT2D eigenvalue weighted by atomic mass is 16.2. The monoisotopic (exact) mass is 295 g/mol. The zero-order valence-electron chi connectivity index (χ0n) is 12.0. The van der Waals surface area contributed by atoms with Crippen LogP contribution < -0.4 is 16.4 Å². The van der Waals surface area contributed by atoms with E-state index in [2.05, 4.69) is 22.8 Å². The van der Waals surface area contributed by atoms with Crippen LogP contribution in [0, 0.1) is 0 Å². The summed E-state index contributed by atoms with van der Waals surface area (Å²) in [7, 11) is 0. The van der Waals surface area contributed by atoms with Crippen LogP contribution in [0.15, 0.2) is 48.5 Å². The molecule has 0 spiro atoms. The van der Waals surface area contributed by atoms with Crippen molar-refractivity contribution >= 4 is 17.6 Å². The minimum atomic E-state index is -0.625. The van der Waals surface area contributed by atoms with E-state index in [1.807, 2.05) is 12.1 Å². The third kappa shape index (κ3) is 2.93. The summed E-state index contributed by atoms with van der Waals surface area (Å²) in [5, 5.41) is 5.52. The first-order valence-electron chi connectivity index (χ1n) is 7.18. The number of carbonyl (C=O) groups excluding carboxylic acids is 2. The molecule has 0 unspecified atom stereocenters. The fraction of sp³-hybridized carbons (Fsp3) is 0.176. The molecule has 2 aromatic carbocycles. The van der Waals surface area contributed by atoms with Gasteiger partial charge in [-0.25, -0.2) is 4.79 Å². The van der Waals surface area contributed by atoms with Crippen molar-refractivity contribution in [1.82, 2.24) is 5.32 Å². The average molecular weight is 295 g/mol. The van der Waals surface area contributed by atoms with Gasteiger partial charge >= 0.3 is 6.03 Å². The van der Waals surface area contributed by atoms with Gasteiger partial charge in [0.1, 0.15) is 0 Å². The van der Waals surface area contributed by atoms with Gasteiger partial charge in [0, 0.05) is 11.3 Å². The Kier molecular flexibility index (Phi) is 3.78. The molecule has 4 N–H and O–H groups in total. The van der Waals surface area contributed by atoms with E-state index >= 15 is 0 Å². The summed E-state index contributed by atoms with van der Waals surface area (Å²) in [6, 6.07) is 14.3. The van der Waals surface area contributed by atoms with Crippen LogP contribution in [-0.2, 0) is 6.42 Å². The molecule has 1 aliphatic carbocycles. The van der Waals surface area contributed by atoms with Gasteiger partial charge in [0.2, 0.25) is 0 Å². The predicted octanol–water partition coefficient (Wildman–Crippen LogP) is 2.59. The summed E-state index contributed by atoms with van der Waals surface area (Å²) in [6.45, 7) is 0. The molecule has 5 nitrogen and oxygen atoms in total. The van der Waals surface area contributed by atoms with Crippen molar-refractivity contribution in [3.8, 4) is 0 Å². The first kappa shape index (κ1) is 14.1. The number of nitrogens with two attached hydrogens (primary N) is 1. The fourth-order valence-electron chi connectivity index (χ4n) is 2.80. The summed E-state index contributed by atoms with van der Waals surface area (Å²) >= 11 is 0. The zero-order chi connectivity index (χ0) is 15.5. The van der Waals surface area contributed by atoms with Crippen molar-refractivity contribution in [2.24, 2.45) is 5.73 Å². The molecule has 3 rings (SSSR count). The number of nitrogens with one attached hydrogen (secondary N) is 2. The topological polar surface area (TPSA) is 84.2 Å². The van der Waals surface area contributed by atoms with E-state index in [0.29, 0.717) is 11.3 Å². The molecule has 1 atom stereocenters. The van der Waals surface area contributed by atoms with E-state index < -0.39 is 6.03 Å². The lowest BCUT2D eigenvalue weighted by molar-refractivity contribution is 0.0936. The second kappa shape index (κ2) is 5.89. The molecule has 3 amide bonds. The van der Waals surface area contributed by atoms with E-state index in [1.165, 1.54) is 11.1 Å². The molecule has 0 bridgehead atoms. The zero-order valence-corrected chi connectivity index (χ0v) is 12.0. The van der Waals surface area contributed by atoms with E-state index in [9.17, 15) is 9.59 Å². The van der Waals surface area contributed by atoms with Crippen molar-refractivity contribution in [2.75, 3.05) is 5.32 Å². The van der Waals surface area contributed by atoms with Gasteiger partial charge in [0.05, 0.1) is 6.04 Å². The van der Waals surface area contributed by atoms with Crippen LogP contribution >= 0.6 is 0 Å². The van der Waals surface area contributed by atoms with Crippen LogP contribution in [0.25, 0.3) is 0 Å². The Morgan fingerprint density at radius 1 is 1.05 bits per heavy atom. The predicted molar refractivity (Wildman–Crippen MR) is 84.6 cm³/mol. The number of amides is 3. The first-order chi connectivity index (χ1) is 10.6. The average Bonchev–Trinajstić information content (AvgIpc) is 2.91. The summed E-state index contributed by atoms with van der Waals surface area (Å²) in [5.74, 6) is -0.118. The number of hydrogen-bond donors (Lipinski definition) is 3. The van der Waals surface area contributed by atoms with Crippen molar-refractivity contribution in [3.05, 3.63) is 65.2 Å². The standard InChI is InChI=1S/C17H17N3O2/c18-17(22)19-13-8-5-12(6-9-13)16(21)20-15-10-7-11-3-1-2-4-14(11)15/h1-6,8-9,15H,7,10H2,(H,20,21)(H3,18,19,22)/t15-/m0/s1. The Labute approximate surface area is 128 Å². The van der Waals surface area contributed by atoms with Crippen LogP contribution in [0.5, 0.6) is 0 Å². The third-order valence-electron chi connectivity index (χ3n) is 3.85. The second-order valence-electron chi connectivity index (χ2n) is 5.33. The SMILES string of the molecule is NC(=O)Nc1ccc(C(=O)N[C@H]2CCc3ccccc32)cc1. The third-order valence-corrected chi connectivity index (χ3v) is 3.85. The van der Waals surface area contributed by atoms with Gasteiger partial charge in [-0.1, -0.05) is 24.3 Å². The number of primary amides is 1. The maximum atomic E-state index is 12.3. The number of aryl methyl sites for hydroxylation is 1. The molecule has 1 aliphatic rings. The molecule has 0 saturated carbocycles.